The highest BCUT2D eigenvalue weighted by Gasteiger charge is 2.08. The van der Waals surface area contributed by atoms with Crippen LogP contribution in [-0.2, 0) is 13.5 Å². The van der Waals surface area contributed by atoms with Gasteiger partial charge in [-0.05, 0) is 38.2 Å². The van der Waals surface area contributed by atoms with Gasteiger partial charge in [-0.3, -0.25) is 9.67 Å². The van der Waals surface area contributed by atoms with E-state index in [4.69, 9.17) is 0 Å². The van der Waals surface area contributed by atoms with E-state index >= 15 is 0 Å². The maximum absolute atomic E-state index is 4.44. The molecular formula is C15H29N5. The summed E-state index contributed by atoms with van der Waals surface area (Å²) in [5.41, 5.74) is 3.69. The number of hydrogen-bond donors (Lipinski definition) is 2. The summed E-state index contributed by atoms with van der Waals surface area (Å²) in [5, 5.41) is 11.1. The van der Waals surface area contributed by atoms with E-state index in [2.05, 4.69) is 48.4 Å². The molecule has 114 valence electrons. The van der Waals surface area contributed by atoms with Crippen LogP contribution >= 0.6 is 0 Å². The molecule has 0 saturated heterocycles. The lowest BCUT2D eigenvalue weighted by Gasteiger charge is -2.13. The number of guanidine groups is 1. The Balaban J connectivity index is 2.38. The van der Waals surface area contributed by atoms with E-state index in [0.29, 0.717) is 5.92 Å². The Labute approximate surface area is 122 Å². The van der Waals surface area contributed by atoms with Gasteiger partial charge in [0.05, 0.1) is 5.69 Å². The maximum atomic E-state index is 4.44. The molecule has 5 nitrogen and oxygen atoms in total. The number of hydrogen-bond acceptors (Lipinski definition) is 2. The van der Waals surface area contributed by atoms with Gasteiger partial charge in [-0.15, -0.1) is 0 Å². The van der Waals surface area contributed by atoms with Crippen LogP contribution in [0.4, 0.5) is 0 Å². The Hall–Kier alpha value is -1.52. The summed E-state index contributed by atoms with van der Waals surface area (Å²) in [6, 6.07) is 0. The van der Waals surface area contributed by atoms with Crippen LogP contribution in [0.1, 0.15) is 37.2 Å². The van der Waals surface area contributed by atoms with Gasteiger partial charge in [0.2, 0.25) is 0 Å². The van der Waals surface area contributed by atoms with E-state index in [1.165, 1.54) is 11.3 Å². The minimum Gasteiger partial charge on any atom is -0.356 e. The van der Waals surface area contributed by atoms with Crippen molar-refractivity contribution in [2.24, 2.45) is 18.0 Å². The third kappa shape index (κ3) is 4.87. The third-order valence-electron chi connectivity index (χ3n) is 3.56. The fourth-order valence-electron chi connectivity index (χ4n) is 2.19. The van der Waals surface area contributed by atoms with Crippen molar-refractivity contribution < 1.29 is 0 Å². The van der Waals surface area contributed by atoms with Gasteiger partial charge in [0, 0.05) is 32.9 Å². The second-order valence-electron chi connectivity index (χ2n) is 5.63. The van der Waals surface area contributed by atoms with Crippen LogP contribution in [0.5, 0.6) is 0 Å². The van der Waals surface area contributed by atoms with E-state index in [0.717, 1.165) is 37.6 Å². The zero-order chi connectivity index (χ0) is 15.1. The summed E-state index contributed by atoms with van der Waals surface area (Å²) in [4.78, 5) is 4.24. The lowest BCUT2D eigenvalue weighted by atomic mass is 10.1. The molecule has 0 radical (unpaired) electrons. The second-order valence-corrected chi connectivity index (χ2v) is 5.63. The van der Waals surface area contributed by atoms with E-state index in [-0.39, 0.29) is 0 Å². The molecule has 1 heterocycles. The fraction of sp³-hybridized carbons (Fsp3) is 0.733. The van der Waals surface area contributed by atoms with Crippen molar-refractivity contribution in [3.05, 3.63) is 17.0 Å². The van der Waals surface area contributed by atoms with Gasteiger partial charge in [-0.25, -0.2) is 0 Å². The Bertz CT molecular complexity index is 445. The minimum atomic E-state index is 0.710. The first kappa shape index (κ1) is 16.5. The Morgan fingerprint density at radius 3 is 2.40 bits per heavy atom. The van der Waals surface area contributed by atoms with E-state index in [1.807, 2.05) is 18.8 Å². The van der Waals surface area contributed by atoms with E-state index in [9.17, 15) is 0 Å². The molecule has 5 heteroatoms. The first-order valence-electron chi connectivity index (χ1n) is 7.39. The van der Waals surface area contributed by atoms with Crippen LogP contribution in [0.15, 0.2) is 4.99 Å². The number of rotatable bonds is 6. The highest BCUT2D eigenvalue weighted by Crippen LogP contribution is 2.11. The molecular weight excluding hydrogens is 250 g/mol. The molecule has 2 N–H and O–H groups in total. The summed E-state index contributed by atoms with van der Waals surface area (Å²) in [6.45, 7) is 10.5. The summed E-state index contributed by atoms with van der Waals surface area (Å²) in [6.07, 6.45) is 2.12. The number of aromatic nitrogens is 2. The Morgan fingerprint density at radius 1 is 1.25 bits per heavy atom. The highest BCUT2D eigenvalue weighted by atomic mass is 15.3. The molecule has 0 fully saturated rings. The van der Waals surface area contributed by atoms with Crippen LogP contribution < -0.4 is 10.6 Å². The van der Waals surface area contributed by atoms with Crippen LogP contribution in [0.2, 0.25) is 0 Å². The number of aliphatic imine (C=N–C) groups is 1. The first-order valence-corrected chi connectivity index (χ1v) is 7.39. The normalized spacial score (nSPS) is 12.1. The molecule has 0 aromatic carbocycles. The highest BCUT2D eigenvalue weighted by molar-refractivity contribution is 5.79. The Morgan fingerprint density at radius 2 is 1.90 bits per heavy atom. The predicted octanol–water partition coefficient (Wildman–Crippen LogP) is 1.79. The van der Waals surface area contributed by atoms with Gasteiger partial charge >= 0.3 is 0 Å². The summed E-state index contributed by atoms with van der Waals surface area (Å²) in [5.74, 6) is 1.59. The number of aryl methyl sites for hydroxylation is 2. The first-order chi connectivity index (χ1) is 9.45. The minimum absolute atomic E-state index is 0.710. The van der Waals surface area contributed by atoms with E-state index in [1.54, 1.807) is 0 Å². The second kappa shape index (κ2) is 7.92. The fourth-order valence-corrected chi connectivity index (χ4v) is 2.19. The molecule has 0 aliphatic heterocycles. The standard InChI is InChI=1S/C15H29N5/c1-11(2)7-9-17-15(16-5)18-10-8-14-12(3)19-20(6)13(14)4/h11H,7-10H2,1-6H3,(H2,16,17,18). The van der Waals surface area contributed by atoms with Crippen LogP contribution in [0, 0.1) is 19.8 Å². The van der Waals surface area contributed by atoms with Crippen molar-refractivity contribution in [3.63, 3.8) is 0 Å². The van der Waals surface area contributed by atoms with Gasteiger partial charge < -0.3 is 10.6 Å². The van der Waals surface area contributed by atoms with Crippen molar-refractivity contribution in [1.82, 2.24) is 20.4 Å². The third-order valence-corrected chi connectivity index (χ3v) is 3.56. The summed E-state index contributed by atoms with van der Waals surface area (Å²) in [7, 11) is 3.80. The molecule has 0 aliphatic rings. The zero-order valence-electron chi connectivity index (χ0n) is 13.7. The van der Waals surface area contributed by atoms with Crippen molar-refractivity contribution >= 4 is 5.96 Å². The molecule has 0 unspecified atom stereocenters. The monoisotopic (exact) mass is 279 g/mol. The van der Waals surface area contributed by atoms with Crippen molar-refractivity contribution in [2.75, 3.05) is 20.1 Å². The average Bonchev–Trinajstić information content (AvgIpc) is 2.62. The van der Waals surface area contributed by atoms with Crippen molar-refractivity contribution in [3.8, 4) is 0 Å². The van der Waals surface area contributed by atoms with Gasteiger partial charge in [0.1, 0.15) is 0 Å². The van der Waals surface area contributed by atoms with Crippen LogP contribution in [0.25, 0.3) is 0 Å². The number of nitrogens with zero attached hydrogens (tertiary/aromatic N) is 3. The number of nitrogens with one attached hydrogen (secondary N) is 2. The van der Waals surface area contributed by atoms with Gasteiger partial charge in [0.25, 0.3) is 0 Å². The van der Waals surface area contributed by atoms with Crippen LogP contribution in [-0.4, -0.2) is 35.9 Å². The molecule has 1 aromatic rings. The molecule has 1 rings (SSSR count). The smallest absolute Gasteiger partial charge is 0.190 e. The topological polar surface area (TPSA) is 54.2 Å². The van der Waals surface area contributed by atoms with Gasteiger partial charge in [-0.2, -0.15) is 5.10 Å². The van der Waals surface area contributed by atoms with Crippen LogP contribution in [0.3, 0.4) is 0 Å². The molecule has 0 saturated carbocycles. The van der Waals surface area contributed by atoms with Crippen molar-refractivity contribution in [2.45, 2.75) is 40.5 Å². The van der Waals surface area contributed by atoms with Gasteiger partial charge in [0.15, 0.2) is 5.96 Å². The predicted molar refractivity (Wildman–Crippen MR) is 85.2 cm³/mol. The summed E-state index contributed by atoms with van der Waals surface area (Å²) >= 11 is 0. The lowest BCUT2D eigenvalue weighted by Crippen LogP contribution is -2.39. The van der Waals surface area contributed by atoms with Gasteiger partial charge in [-0.1, -0.05) is 13.8 Å². The SMILES string of the molecule is CN=C(NCCc1c(C)nn(C)c1C)NCCC(C)C. The molecule has 0 atom stereocenters. The molecule has 0 bridgehead atoms. The largest absolute Gasteiger partial charge is 0.356 e. The summed E-state index contributed by atoms with van der Waals surface area (Å²) < 4.78 is 1.94. The van der Waals surface area contributed by atoms with Crippen molar-refractivity contribution in [1.29, 1.82) is 0 Å². The molecule has 0 aliphatic carbocycles. The lowest BCUT2D eigenvalue weighted by molar-refractivity contribution is 0.573. The quantitative estimate of drug-likeness (QED) is 0.616. The molecule has 0 amide bonds. The molecule has 0 spiro atoms. The molecule has 1 aromatic heterocycles. The average molecular weight is 279 g/mol. The Kier molecular flexibility index (Phi) is 6.55. The van der Waals surface area contributed by atoms with E-state index < -0.39 is 0 Å². The zero-order valence-corrected chi connectivity index (χ0v) is 13.7. The molecule has 20 heavy (non-hydrogen) atoms. The maximum Gasteiger partial charge on any atom is 0.190 e.